The molecular weight excluding hydrogens is 485 g/mol. The number of aromatic nitrogens is 2. The van der Waals surface area contributed by atoms with Crippen LogP contribution in [0.2, 0.25) is 0 Å². The van der Waals surface area contributed by atoms with E-state index in [-0.39, 0.29) is 23.2 Å². The molecule has 1 amide bonds. The summed E-state index contributed by atoms with van der Waals surface area (Å²) in [5.74, 6) is 0.481. The van der Waals surface area contributed by atoms with Gasteiger partial charge in [0.05, 0.1) is 12.2 Å². The number of anilines is 1. The van der Waals surface area contributed by atoms with Gasteiger partial charge in [-0.25, -0.2) is 19.4 Å². The molecule has 0 spiro atoms. The summed E-state index contributed by atoms with van der Waals surface area (Å²) in [5, 5.41) is 16.1. The van der Waals surface area contributed by atoms with E-state index < -0.39 is 17.0 Å². The summed E-state index contributed by atoms with van der Waals surface area (Å²) < 4.78 is 14.7. The van der Waals surface area contributed by atoms with Crippen LogP contribution in [0, 0.1) is 18.7 Å². The number of thioether (sulfide) groups is 1. The number of benzene rings is 1. The highest BCUT2D eigenvalue weighted by atomic mass is 32.2. The van der Waals surface area contributed by atoms with Crippen LogP contribution in [0.1, 0.15) is 40.5 Å². The largest absolute Gasteiger partial charge is 0.384 e. The number of aliphatic hydroxyl groups is 1. The van der Waals surface area contributed by atoms with Crippen molar-refractivity contribution in [2.45, 2.75) is 31.9 Å². The van der Waals surface area contributed by atoms with Gasteiger partial charge in [-0.05, 0) is 44.4 Å². The van der Waals surface area contributed by atoms with E-state index in [1.165, 1.54) is 25.6 Å². The number of amides is 1. The Balaban J connectivity index is 1.50. The van der Waals surface area contributed by atoms with E-state index in [9.17, 15) is 14.3 Å². The highest BCUT2D eigenvalue weighted by Crippen LogP contribution is 2.48. The zero-order chi connectivity index (χ0) is 24.8. The molecule has 4 heterocycles. The van der Waals surface area contributed by atoms with Crippen LogP contribution in [0.5, 0.6) is 0 Å². The number of aryl methyl sites for hydroxylation is 1. The van der Waals surface area contributed by atoms with E-state index in [0.29, 0.717) is 29.8 Å². The van der Waals surface area contributed by atoms with E-state index >= 15 is 0 Å². The number of nitrogens with one attached hydrogen (secondary N) is 1. The fourth-order valence-electron chi connectivity index (χ4n) is 4.54. The molecule has 2 aliphatic heterocycles. The molecule has 2 atom stereocenters. The molecule has 2 aliphatic rings. The first-order valence-electron chi connectivity index (χ1n) is 11.3. The Labute approximate surface area is 211 Å². The molecule has 2 N–H and O–H groups in total. The van der Waals surface area contributed by atoms with Crippen molar-refractivity contribution in [3.05, 3.63) is 75.5 Å². The Kier molecular flexibility index (Phi) is 6.14. The second-order valence-electron chi connectivity index (χ2n) is 9.36. The maximum absolute atomic E-state index is 14.7. The number of carbonyl (C=O) groups is 1. The van der Waals surface area contributed by atoms with Gasteiger partial charge in [0.1, 0.15) is 16.8 Å². The molecule has 35 heavy (non-hydrogen) atoms. The monoisotopic (exact) mass is 511 g/mol. The lowest BCUT2D eigenvalue weighted by Gasteiger charge is -2.34. The van der Waals surface area contributed by atoms with Gasteiger partial charge in [-0.15, -0.1) is 11.3 Å². The standard InChI is InChI=1S/C25H26FN5O2S2/c1-15-19(26)20(24(2,3)33)28-22(27-15)31-12-17-13-35-23(29-21(32)16-8-5-4-6-9-16)30-25(17,14-31)18-10-7-11-34-18/h4-11,17,33H,12-14H2,1-3H3,(H,29,30,32)/t17-,25-/m0/s1. The summed E-state index contributed by atoms with van der Waals surface area (Å²) in [5.41, 5.74) is -1.27. The molecular formula is C25H26FN5O2S2. The summed E-state index contributed by atoms with van der Waals surface area (Å²) in [6.07, 6.45) is 0. The molecule has 10 heteroatoms. The van der Waals surface area contributed by atoms with Crippen LogP contribution in [0.15, 0.2) is 52.8 Å². The average Bonchev–Trinajstić information content (AvgIpc) is 3.49. The highest BCUT2D eigenvalue weighted by molar-refractivity contribution is 8.13. The highest BCUT2D eigenvalue weighted by Gasteiger charge is 2.52. The number of aliphatic imine (C=N–C) groups is 1. The molecule has 5 rings (SSSR count). The van der Waals surface area contributed by atoms with Gasteiger partial charge in [0.25, 0.3) is 5.91 Å². The Morgan fingerprint density at radius 2 is 2.00 bits per heavy atom. The van der Waals surface area contributed by atoms with Crippen molar-refractivity contribution in [2.24, 2.45) is 10.9 Å². The van der Waals surface area contributed by atoms with E-state index in [1.807, 2.05) is 34.5 Å². The van der Waals surface area contributed by atoms with Crippen LogP contribution in [0.25, 0.3) is 0 Å². The Morgan fingerprint density at radius 1 is 1.23 bits per heavy atom. The molecule has 0 aliphatic carbocycles. The first-order chi connectivity index (χ1) is 16.7. The van der Waals surface area contributed by atoms with Gasteiger partial charge in [-0.3, -0.25) is 4.79 Å². The number of fused-ring (bicyclic) bond motifs is 1. The summed E-state index contributed by atoms with van der Waals surface area (Å²) in [6.45, 7) is 5.73. The zero-order valence-electron chi connectivity index (χ0n) is 19.7. The molecule has 2 aromatic heterocycles. The third kappa shape index (κ3) is 4.46. The van der Waals surface area contributed by atoms with E-state index in [0.717, 1.165) is 10.6 Å². The summed E-state index contributed by atoms with van der Waals surface area (Å²) >= 11 is 3.15. The Bertz CT molecular complexity index is 1280. The maximum Gasteiger partial charge on any atom is 0.257 e. The number of amidine groups is 1. The van der Waals surface area contributed by atoms with Gasteiger partial charge in [0, 0.05) is 28.7 Å². The normalized spacial score (nSPS) is 22.0. The van der Waals surface area contributed by atoms with Crippen LogP contribution in [-0.4, -0.2) is 45.0 Å². The number of thiophene rings is 1. The molecule has 3 aromatic rings. The average molecular weight is 512 g/mol. The van der Waals surface area contributed by atoms with E-state index in [2.05, 4.69) is 21.4 Å². The minimum Gasteiger partial charge on any atom is -0.384 e. The first kappa shape index (κ1) is 23.9. The summed E-state index contributed by atoms with van der Waals surface area (Å²) in [7, 11) is 0. The third-order valence-electron chi connectivity index (χ3n) is 6.34. The molecule has 0 bridgehead atoms. The Morgan fingerprint density at radius 3 is 2.69 bits per heavy atom. The van der Waals surface area contributed by atoms with Gasteiger partial charge < -0.3 is 15.3 Å². The third-order valence-corrected chi connectivity index (χ3v) is 8.41. The van der Waals surface area contributed by atoms with Gasteiger partial charge in [0.2, 0.25) is 5.95 Å². The van der Waals surface area contributed by atoms with Gasteiger partial charge in [-0.2, -0.15) is 0 Å². The quantitative estimate of drug-likeness (QED) is 0.549. The second-order valence-corrected chi connectivity index (χ2v) is 11.3. The lowest BCUT2D eigenvalue weighted by molar-refractivity contribution is 0.0691. The molecule has 0 unspecified atom stereocenters. The van der Waals surface area contributed by atoms with Gasteiger partial charge in [0.15, 0.2) is 11.0 Å². The van der Waals surface area contributed by atoms with Crippen molar-refractivity contribution in [1.82, 2.24) is 15.3 Å². The van der Waals surface area contributed by atoms with Crippen molar-refractivity contribution < 1.29 is 14.3 Å². The second kappa shape index (κ2) is 9.00. The smallest absolute Gasteiger partial charge is 0.257 e. The summed E-state index contributed by atoms with van der Waals surface area (Å²) in [4.78, 5) is 29.9. The number of hydrogen-bond donors (Lipinski definition) is 2. The van der Waals surface area contributed by atoms with Crippen LogP contribution < -0.4 is 10.2 Å². The number of hydrogen-bond acceptors (Lipinski definition) is 8. The van der Waals surface area contributed by atoms with Crippen LogP contribution >= 0.6 is 23.1 Å². The fourth-order valence-corrected chi connectivity index (χ4v) is 6.61. The topological polar surface area (TPSA) is 90.7 Å². The van der Waals surface area contributed by atoms with Crippen molar-refractivity contribution in [2.75, 3.05) is 23.7 Å². The van der Waals surface area contributed by atoms with E-state index in [4.69, 9.17) is 4.99 Å². The molecule has 0 saturated carbocycles. The number of nitrogens with zero attached hydrogens (tertiary/aromatic N) is 4. The van der Waals surface area contributed by atoms with Crippen LogP contribution in [-0.2, 0) is 11.1 Å². The minimum atomic E-state index is -1.44. The Hall–Kier alpha value is -2.82. The minimum absolute atomic E-state index is 0.0197. The van der Waals surface area contributed by atoms with Gasteiger partial charge in [-0.1, -0.05) is 36.0 Å². The number of rotatable bonds is 4. The number of carbonyl (C=O) groups excluding carboxylic acids is 1. The van der Waals surface area contributed by atoms with E-state index in [1.54, 1.807) is 30.4 Å². The first-order valence-corrected chi connectivity index (χ1v) is 13.2. The van der Waals surface area contributed by atoms with Crippen molar-refractivity contribution >= 4 is 40.1 Å². The molecule has 0 radical (unpaired) electrons. The van der Waals surface area contributed by atoms with Gasteiger partial charge >= 0.3 is 0 Å². The molecule has 1 saturated heterocycles. The summed E-state index contributed by atoms with van der Waals surface area (Å²) in [6, 6.07) is 13.1. The van der Waals surface area contributed by atoms with Crippen molar-refractivity contribution in [3.8, 4) is 0 Å². The molecule has 182 valence electrons. The van der Waals surface area contributed by atoms with Crippen molar-refractivity contribution in [1.29, 1.82) is 0 Å². The predicted octanol–water partition coefficient (Wildman–Crippen LogP) is 4.08. The maximum atomic E-state index is 14.7. The molecule has 1 fully saturated rings. The lowest BCUT2D eigenvalue weighted by atomic mass is 9.87. The molecule has 7 nitrogen and oxygen atoms in total. The van der Waals surface area contributed by atoms with Crippen LogP contribution in [0.4, 0.5) is 10.3 Å². The lowest BCUT2D eigenvalue weighted by Crippen LogP contribution is -2.42. The SMILES string of the molecule is Cc1nc(N2C[C@H]3CSC(NC(=O)c4ccccc4)=N[C@@]3(c3cccs3)C2)nc(C(C)(C)O)c1F. The zero-order valence-corrected chi connectivity index (χ0v) is 21.3. The predicted molar refractivity (Wildman–Crippen MR) is 137 cm³/mol. The fraction of sp³-hybridized carbons (Fsp3) is 0.360. The molecule has 1 aromatic carbocycles. The number of halogens is 1. The van der Waals surface area contributed by atoms with Crippen molar-refractivity contribution in [3.63, 3.8) is 0 Å². The van der Waals surface area contributed by atoms with Crippen LogP contribution in [0.3, 0.4) is 0 Å².